The molecule has 0 aliphatic heterocycles. The molecule has 0 aliphatic carbocycles. The lowest BCUT2D eigenvalue weighted by molar-refractivity contribution is 0.0628. The van der Waals surface area contributed by atoms with Crippen molar-refractivity contribution >= 4 is 0 Å². The molecule has 2 heteroatoms. The molecular weight excluding hydrogens is 174 g/mol. The van der Waals surface area contributed by atoms with Gasteiger partial charge in [-0.3, -0.25) is 4.98 Å². The topological polar surface area (TPSA) is 33.1 Å². The number of hydrogen-bond donors (Lipinski definition) is 1. The van der Waals surface area contributed by atoms with Gasteiger partial charge in [0, 0.05) is 18.3 Å². The summed E-state index contributed by atoms with van der Waals surface area (Å²) in [6.45, 7) is 8.14. The molecule has 14 heavy (non-hydrogen) atoms. The lowest BCUT2D eigenvalue weighted by Gasteiger charge is -2.25. The van der Waals surface area contributed by atoms with Crippen molar-refractivity contribution in [1.29, 1.82) is 0 Å². The van der Waals surface area contributed by atoms with E-state index in [1.165, 1.54) is 5.56 Å². The van der Waals surface area contributed by atoms with Gasteiger partial charge in [-0.05, 0) is 30.0 Å². The molecule has 1 unspecified atom stereocenters. The fourth-order valence-corrected chi connectivity index (χ4v) is 1.21. The highest BCUT2D eigenvalue weighted by Gasteiger charge is 2.22. The van der Waals surface area contributed by atoms with Gasteiger partial charge in [-0.1, -0.05) is 20.8 Å². The predicted molar refractivity (Wildman–Crippen MR) is 58.1 cm³/mol. The van der Waals surface area contributed by atoms with Crippen LogP contribution in [0.25, 0.3) is 0 Å². The average molecular weight is 193 g/mol. The first-order valence-electron chi connectivity index (χ1n) is 4.99. The van der Waals surface area contributed by atoms with Crippen molar-refractivity contribution < 1.29 is 5.11 Å². The molecule has 2 nitrogen and oxygen atoms in total. The summed E-state index contributed by atoms with van der Waals surface area (Å²) in [5.41, 5.74) is 2.08. The highest BCUT2D eigenvalue weighted by atomic mass is 16.3. The zero-order valence-electron chi connectivity index (χ0n) is 9.41. The van der Waals surface area contributed by atoms with Crippen molar-refractivity contribution in [2.24, 2.45) is 5.41 Å². The summed E-state index contributed by atoms with van der Waals surface area (Å²) in [7, 11) is 0. The number of aryl methyl sites for hydroxylation is 1. The first-order valence-corrected chi connectivity index (χ1v) is 4.99. The molecule has 1 N–H and O–H groups in total. The number of aliphatic hydroxyl groups is 1. The van der Waals surface area contributed by atoms with Crippen molar-refractivity contribution in [1.82, 2.24) is 4.98 Å². The Bertz CT molecular complexity index is 301. The summed E-state index contributed by atoms with van der Waals surface area (Å²) in [6.07, 6.45) is 2.09. The van der Waals surface area contributed by atoms with E-state index < -0.39 is 0 Å². The van der Waals surface area contributed by atoms with E-state index in [1.807, 2.05) is 39.8 Å². The number of aliphatic hydroxyl groups excluding tert-OH is 1. The monoisotopic (exact) mass is 193 g/mol. The van der Waals surface area contributed by atoms with Crippen LogP contribution in [-0.2, 0) is 6.42 Å². The maximum Gasteiger partial charge on any atom is 0.0643 e. The van der Waals surface area contributed by atoms with Gasteiger partial charge in [-0.15, -0.1) is 0 Å². The van der Waals surface area contributed by atoms with E-state index in [0.29, 0.717) is 6.42 Å². The van der Waals surface area contributed by atoms with Crippen LogP contribution in [0.5, 0.6) is 0 Å². The summed E-state index contributed by atoms with van der Waals surface area (Å²) in [6, 6.07) is 3.99. The first kappa shape index (κ1) is 11.2. The largest absolute Gasteiger partial charge is 0.392 e. The fraction of sp³-hybridized carbons (Fsp3) is 0.583. The highest BCUT2D eigenvalue weighted by Crippen LogP contribution is 2.21. The fourth-order valence-electron chi connectivity index (χ4n) is 1.21. The number of hydrogen-bond acceptors (Lipinski definition) is 2. The Kier molecular flexibility index (Phi) is 3.27. The zero-order chi connectivity index (χ0) is 10.8. The SMILES string of the molecule is Cc1ccnc(CC(O)C(C)(C)C)c1. The molecule has 0 radical (unpaired) electrons. The van der Waals surface area contributed by atoms with Gasteiger partial charge < -0.3 is 5.11 Å². The summed E-state index contributed by atoms with van der Waals surface area (Å²) >= 11 is 0. The molecular formula is C12H19NO. The molecule has 1 aromatic rings. The second-order valence-electron chi connectivity index (χ2n) is 4.91. The van der Waals surface area contributed by atoms with E-state index in [2.05, 4.69) is 4.98 Å². The van der Waals surface area contributed by atoms with Gasteiger partial charge in [0.15, 0.2) is 0 Å². The van der Waals surface area contributed by atoms with Gasteiger partial charge >= 0.3 is 0 Å². The van der Waals surface area contributed by atoms with Crippen LogP contribution in [0.15, 0.2) is 18.3 Å². The lowest BCUT2D eigenvalue weighted by Crippen LogP contribution is -2.28. The quantitative estimate of drug-likeness (QED) is 0.782. The van der Waals surface area contributed by atoms with Crippen molar-refractivity contribution in [2.45, 2.75) is 40.2 Å². The number of rotatable bonds is 2. The average Bonchev–Trinajstić information content (AvgIpc) is 2.02. The zero-order valence-corrected chi connectivity index (χ0v) is 9.41. The van der Waals surface area contributed by atoms with Gasteiger partial charge in [0.25, 0.3) is 0 Å². The smallest absolute Gasteiger partial charge is 0.0643 e. The van der Waals surface area contributed by atoms with Crippen molar-refractivity contribution in [3.63, 3.8) is 0 Å². The minimum Gasteiger partial charge on any atom is -0.392 e. The molecule has 0 bridgehead atoms. The second kappa shape index (κ2) is 4.09. The van der Waals surface area contributed by atoms with Crippen LogP contribution in [0.2, 0.25) is 0 Å². The maximum absolute atomic E-state index is 9.89. The van der Waals surface area contributed by atoms with Crippen LogP contribution in [0.1, 0.15) is 32.0 Å². The van der Waals surface area contributed by atoms with E-state index in [9.17, 15) is 5.11 Å². The van der Waals surface area contributed by atoms with Gasteiger partial charge in [0.2, 0.25) is 0 Å². The molecule has 0 fully saturated rings. The minimum atomic E-state index is -0.336. The summed E-state index contributed by atoms with van der Waals surface area (Å²) in [4.78, 5) is 4.23. The van der Waals surface area contributed by atoms with Crippen LogP contribution in [0.3, 0.4) is 0 Å². The van der Waals surface area contributed by atoms with Crippen LogP contribution in [0, 0.1) is 12.3 Å². The third kappa shape index (κ3) is 3.11. The Hall–Kier alpha value is -0.890. The van der Waals surface area contributed by atoms with E-state index >= 15 is 0 Å². The Balaban J connectivity index is 2.70. The third-order valence-corrected chi connectivity index (χ3v) is 2.37. The molecule has 0 aliphatic rings. The highest BCUT2D eigenvalue weighted by molar-refractivity contribution is 5.15. The Labute approximate surface area is 86.0 Å². The lowest BCUT2D eigenvalue weighted by atomic mass is 9.86. The van der Waals surface area contributed by atoms with E-state index in [1.54, 1.807) is 6.20 Å². The maximum atomic E-state index is 9.89. The number of nitrogens with zero attached hydrogens (tertiary/aromatic N) is 1. The Morgan fingerprint density at radius 3 is 2.57 bits per heavy atom. The normalized spacial score (nSPS) is 14.1. The van der Waals surface area contributed by atoms with Crippen LogP contribution >= 0.6 is 0 Å². The van der Waals surface area contributed by atoms with Gasteiger partial charge in [-0.25, -0.2) is 0 Å². The molecule has 0 saturated carbocycles. The summed E-state index contributed by atoms with van der Waals surface area (Å²) < 4.78 is 0. The van der Waals surface area contributed by atoms with E-state index in [0.717, 1.165) is 5.69 Å². The van der Waals surface area contributed by atoms with Gasteiger partial charge in [0.05, 0.1) is 6.10 Å². The molecule has 78 valence electrons. The molecule has 0 spiro atoms. The van der Waals surface area contributed by atoms with Crippen molar-refractivity contribution in [3.8, 4) is 0 Å². The molecule has 0 saturated heterocycles. The van der Waals surface area contributed by atoms with Crippen LogP contribution in [-0.4, -0.2) is 16.2 Å². The van der Waals surface area contributed by atoms with E-state index in [4.69, 9.17) is 0 Å². The van der Waals surface area contributed by atoms with Crippen LogP contribution < -0.4 is 0 Å². The molecule has 0 aromatic carbocycles. The van der Waals surface area contributed by atoms with E-state index in [-0.39, 0.29) is 11.5 Å². The third-order valence-electron chi connectivity index (χ3n) is 2.37. The minimum absolute atomic E-state index is 0.0780. The molecule has 1 heterocycles. The molecule has 1 aromatic heterocycles. The summed E-state index contributed by atoms with van der Waals surface area (Å²) in [5.74, 6) is 0. The number of aromatic nitrogens is 1. The standard InChI is InChI=1S/C12H19NO/c1-9-5-6-13-10(7-9)8-11(14)12(2,3)4/h5-7,11,14H,8H2,1-4H3. The predicted octanol–water partition coefficient (Wildman–Crippen LogP) is 2.34. The molecule has 0 amide bonds. The van der Waals surface area contributed by atoms with Crippen molar-refractivity contribution in [3.05, 3.63) is 29.6 Å². The van der Waals surface area contributed by atoms with Crippen LogP contribution in [0.4, 0.5) is 0 Å². The van der Waals surface area contributed by atoms with Gasteiger partial charge in [0.1, 0.15) is 0 Å². The van der Waals surface area contributed by atoms with Gasteiger partial charge in [-0.2, -0.15) is 0 Å². The first-order chi connectivity index (χ1) is 6.39. The molecule has 1 atom stereocenters. The summed E-state index contributed by atoms with van der Waals surface area (Å²) in [5, 5.41) is 9.89. The molecule has 1 rings (SSSR count). The van der Waals surface area contributed by atoms with Crippen molar-refractivity contribution in [2.75, 3.05) is 0 Å². The Morgan fingerprint density at radius 1 is 1.43 bits per heavy atom. The Morgan fingerprint density at radius 2 is 2.07 bits per heavy atom. The second-order valence-corrected chi connectivity index (χ2v) is 4.91. The number of pyridine rings is 1.